The second-order valence-corrected chi connectivity index (χ2v) is 6.27. The van der Waals surface area contributed by atoms with Crippen molar-refractivity contribution in [3.8, 4) is 22.9 Å². The van der Waals surface area contributed by atoms with E-state index in [0.29, 0.717) is 30.4 Å². The lowest BCUT2D eigenvalue weighted by Gasteiger charge is -2.35. The first-order chi connectivity index (χ1) is 12.5. The molecule has 1 saturated heterocycles. The van der Waals surface area contributed by atoms with Gasteiger partial charge in [-0.25, -0.2) is 0 Å². The maximum atomic E-state index is 12.5. The van der Waals surface area contributed by atoms with E-state index in [2.05, 4.69) is 15.4 Å². The number of carbonyl (C=O) groups excluding carboxylic acids is 1. The highest BCUT2D eigenvalue weighted by molar-refractivity contribution is 5.76. The zero-order valence-electron chi connectivity index (χ0n) is 15.4. The maximum absolute atomic E-state index is 12.5. The van der Waals surface area contributed by atoms with E-state index in [4.69, 9.17) is 14.2 Å². The molecule has 1 aromatic carbocycles. The van der Waals surface area contributed by atoms with Gasteiger partial charge >= 0.3 is 0 Å². The molecule has 9 heteroatoms. The third-order valence-corrected chi connectivity index (χ3v) is 4.14. The number of methoxy groups -OCH3 is 2. The van der Waals surface area contributed by atoms with Crippen LogP contribution in [-0.4, -0.2) is 70.5 Å². The van der Waals surface area contributed by atoms with Crippen LogP contribution in [0.2, 0.25) is 0 Å². The number of ether oxygens (including phenoxy) is 3. The Morgan fingerprint density at radius 2 is 1.88 bits per heavy atom. The van der Waals surface area contributed by atoms with E-state index in [9.17, 15) is 4.79 Å². The molecule has 0 N–H and O–H groups in total. The van der Waals surface area contributed by atoms with Crippen LogP contribution in [0.25, 0.3) is 11.4 Å². The highest BCUT2D eigenvalue weighted by Crippen LogP contribution is 2.30. The molecule has 0 bridgehead atoms. The van der Waals surface area contributed by atoms with Gasteiger partial charge in [0.15, 0.2) is 11.5 Å². The SMILES string of the molecule is COc1ccc(-c2nnn(CC(=O)N3C[C@@H](C)O[C@H](C)C3)n2)cc1OC. The first-order valence-corrected chi connectivity index (χ1v) is 8.43. The Morgan fingerprint density at radius 3 is 2.54 bits per heavy atom. The molecule has 1 fully saturated rings. The summed E-state index contributed by atoms with van der Waals surface area (Å²) < 4.78 is 16.2. The van der Waals surface area contributed by atoms with Gasteiger partial charge in [0.25, 0.3) is 0 Å². The van der Waals surface area contributed by atoms with E-state index >= 15 is 0 Å². The Morgan fingerprint density at radius 1 is 1.19 bits per heavy atom. The van der Waals surface area contributed by atoms with Crippen molar-refractivity contribution < 1.29 is 19.0 Å². The van der Waals surface area contributed by atoms with Crippen LogP contribution in [0.1, 0.15) is 13.8 Å². The zero-order valence-corrected chi connectivity index (χ0v) is 15.4. The summed E-state index contributed by atoms with van der Waals surface area (Å²) in [7, 11) is 3.14. The van der Waals surface area contributed by atoms with Crippen molar-refractivity contribution in [2.75, 3.05) is 27.3 Å². The van der Waals surface area contributed by atoms with Crippen LogP contribution < -0.4 is 9.47 Å². The molecule has 0 unspecified atom stereocenters. The number of nitrogens with zero attached hydrogens (tertiary/aromatic N) is 5. The first kappa shape index (κ1) is 18.1. The standard InChI is InChI=1S/C17H23N5O4/c1-11-8-21(9-12(2)26-11)16(23)10-22-19-17(18-20-22)13-5-6-14(24-3)15(7-13)25-4/h5-7,11-12H,8-10H2,1-4H3/t11-,12-/m1/s1. The van der Waals surface area contributed by atoms with Gasteiger partial charge in [-0.15, -0.1) is 10.2 Å². The number of tetrazole rings is 1. The van der Waals surface area contributed by atoms with Crippen LogP contribution >= 0.6 is 0 Å². The molecule has 3 rings (SSSR count). The number of rotatable bonds is 5. The molecule has 9 nitrogen and oxygen atoms in total. The molecular formula is C17H23N5O4. The third-order valence-electron chi connectivity index (χ3n) is 4.14. The molecule has 140 valence electrons. The number of amides is 1. The average molecular weight is 361 g/mol. The van der Waals surface area contributed by atoms with E-state index in [-0.39, 0.29) is 24.7 Å². The van der Waals surface area contributed by atoms with Crippen LogP contribution in [0, 0.1) is 0 Å². The van der Waals surface area contributed by atoms with Gasteiger partial charge in [-0.1, -0.05) is 0 Å². The van der Waals surface area contributed by atoms with E-state index < -0.39 is 0 Å². The monoisotopic (exact) mass is 361 g/mol. The van der Waals surface area contributed by atoms with Gasteiger partial charge < -0.3 is 19.1 Å². The first-order valence-electron chi connectivity index (χ1n) is 8.43. The van der Waals surface area contributed by atoms with Crippen molar-refractivity contribution in [2.24, 2.45) is 0 Å². The average Bonchev–Trinajstić information content (AvgIpc) is 3.08. The lowest BCUT2D eigenvalue weighted by Crippen LogP contribution is -2.49. The fraction of sp³-hybridized carbons (Fsp3) is 0.529. The molecule has 1 aliphatic rings. The second kappa shape index (κ2) is 7.69. The normalized spacial score (nSPS) is 20.1. The predicted octanol–water partition coefficient (Wildman–Crippen LogP) is 0.993. The number of hydrogen-bond acceptors (Lipinski definition) is 7. The van der Waals surface area contributed by atoms with Crippen molar-refractivity contribution >= 4 is 5.91 Å². The van der Waals surface area contributed by atoms with Crippen molar-refractivity contribution in [3.05, 3.63) is 18.2 Å². The predicted molar refractivity (Wildman–Crippen MR) is 92.9 cm³/mol. The Bertz CT molecular complexity index is 768. The maximum Gasteiger partial charge on any atom is 0.246 e. The van der Waals surface area contributed by atoms with Gasteiger partial charge in [-0.05, 0) is 37.3 Å². The number of aromatic nitrogens is 4. The summed E-state index contributed by atoms with van der Waals surface area (Å²) >= 11 is 0. The number of hydrogen-bond donors (Lipinski definition) is 0. The minimum atomic E-state index is -0.0525. The molecule has 2 atom stereocenters. The van der Waals surface area contributed by atoms with Crippen LogP contribution in [-0.2, 0) is 16.1 Å². The summed E-state index contributed by atoms with van der Waals surface area (Å²) in [5.41, 5.74) is 0.731. The van der Waals surface area contributed by atoms with E-state index in [0.717, 1.165) is 5.56 Å². The Hall–Kier alpha value is -2.68. The fourth-order valence-corrected chi connectivity index (χ4v) is 3.00. The quantitative estimate of drug-likeness (QED) is 0.784. The van der Waals surface area contributed by atoms with E-state index in [1.807, 2.05) is 19.9 Å². The molecule has 1 amide bonds. The summed E-state index contributed by atoms with van der Waals surface area (Å²) in [6, 6.07) is 5.36. The van der Waals surface area contributed by atoms with Crippen LogP contribution in [0.15, 0.2) is 18.2 Å². The summed E-state index contributed by atoms with van der Waals surface area (Å²) in [6.07, 6.45) is 0.0439. The topological polar surface area (TPSA) is 91.6 Å². The molecular weight excluding hydrogens is 338 g/mol. The van der Waals surface area contributed by atoms with Crippen molar-refractivity contribution in [2.45, 2.75) is 32.6 Å². The Balaban J connectivity index is 1.71. The summed E-state index contributed by atoms with van der Waals surface area (Å²) in [4.78, 5) is 15.6. The third kappa shape index (κ3) is 3.93. The molecule has 2 aromatic rings. The van der Waals surface area contributed by atoms with E-state index in [1.54, 1.807) is 31.3 Å². The molecule has 0 saturated carbocycles. The van der Waals surface area contributed by atoms with Gasteiger partial charge in [-0.3, -0.25) is 4.79 Å². The number of benzene rings is 1. The zero-order chi connectivity index (χ0) is 18.7. The Kier molecular flexibility index (Phi) is 5.36. The van der Waals surface area contributed by atoms with Crippen molar-refractivity contribution in [3.63, 3.8) is 0 Å². The molecule has 0 radical (unpaired) electrons. The van der Waals surface area contributed by atoms with Gasteiger partial charge in [-0.2, -0.15) is 4.80 Å². The van der Waals surface area contributed by atoms with Gasteiger partial charge in [0, 0.05) is 18.7 Å². The smallest absolute Gasteiger partial charge is 0.246 e. The van der Waals surface area contributed by atoms with Crippen LogP contribution in [0.3, 0.4) is 0 Å². The molecule has 0 spiro atoms. The molecule has 2 heterocycles. The van der Waals surface area contributed by atoms with Crippen LogP contribution in [0.5, 0.6) is 11.5 Å². The van der Waals surface area contributed by atoms with Crippen molar-refractivity contribution in [1.29, 1.82) is 0 Å². The number of morpholine rings is 1. The van der Waals surface area contributed by atoms with Gasteiger partial charge in [0.1, 0.15) is 6.54 Å². The highest BCUT2D eigenvalue weighted by Gasteiger charge is 2.26. The van der Waals surface area contributed by atoms with Gasteiger partial charge in [0.2, 0.25) is 11.7 Å². The summed E-state index contributed by atoms with van der Waals surface area (Å²) in [5.74, 6) is 1.56. The molecule has 26 heavy (non-hydrogen) atoms. The molecule has 1 aromatic heterocycles. The summed E-state index contributed by atoms with van der Waals surface area (Å²) in [6.45, 7) is 5.10. The highest BCUT2D eigenvalue weighted by atomic mass is 16.5. The second-order valence-electron chi connectivity index (χ2n) is 6.27. The lowest BCUT2D eigenvalue weighted by molar-refractivity contribution is -0.144. The summed E-state index contributed by atoms with van der Waals surface area (Å²) in [5, 5.41) is 12.3. The lowest BCUT2D eigenvalue weighted by atomic mass is 10.2. The fourth-order valence-electron chi connectivity index (χ4n) is 3.00. The van der Waals surface area contributed by atoms with Crippen molar-refractivity contribution in [1.82, 2.24) is 25.1 Å². The number of carbonyl (C=O) groups is 1. The minimum absolute atomic E-state index is 0.0220. The van der Waals surface area contributed by atoms with Crippen LogP contribution in [0.4, 0.5) is 0 Å². The molecule has 1 aliphatic heterocycles. The van der Waals surface area contributed by atoms with Gasteiger partial charge in [0.05, 0.1) is 26.4 Å². The Labute approximate surface area is 151 Å². The molecule has 0 aliphatic carbocycles. The largest absolute Gasteiger partial charge is 0.493 e. The van der Waals surface area contributed by atoms with E-state index in [1.165, 1.54) is 4.80 Å². The minimum Gasteiger partial charge on any atom is -0.493 e.